The first-order valence-corrected chi connectivity index (χ1v) is 8.35. The minimum Gasteiger partial charge on any atom is -0.371 e. The van der Waals surface area contributed by atoms with Crippen LogP contribution < -0.4 is 5.32 Å². The minimum absolute atomic E-state index is 0.299. The van der Waals surface area contributed by atoms with Gasteiger partial charge in [0.05, 0.1) is 18.9 Å². The topological polar surface area (TPSA) is 43.5 Å². The lowest BCUT2D eigenvalue weighted by Crippen LogP contribution is -2.18. The van der Waals surface area contributed by atoms with E-state index in [1.54, 1.807) is 0 Å². The van der Waals surface area contributed by atoms with Gasteiger partial charge in [-0.1, -0.05) is 72.3 Å². The highest BCUT2D eigenvalue weighted by Gasteiger charge is 2.44. The molecular formula is C21H24N2O. The summed E-state index contributed by atoms with van der Waals surface area (Å²) in [6.45, 7) is 6.13. The van der Waals surface area contributed by atoms with Crippen molar-refractivity contribution in [3.8, 4) is 0 Å². The van der Waals surface area contributed by atoms with Gasteiger partial charge in [0, 0.05) is 6.54 Å². The number of benzene rings is 2. The Morgan fingerprint density at radius 1 is 1.08 bits per heavy atom. The zero-order valence-corrected chi connectivity index (χ0v) is 14.3. The molecular weight excluding hydrogens is 296 g/mol. The normalized spacial score (nSPS) is 19.8. The van der Waals surface area contributed by atoms with Gasteiger partial charge in [0.25, 0.3) is 0 Å². The molecule has 3 nitrogen and oxygen atoms in total. The van der Waals surface area contributed by atoms with Crippen molar-refractivity contribution in [1.29, 1.82) is 0 Å². The maximum atomic E-state index is 5.84. The summed E-state index contributed by atoms with van der Waals surface area (Å²) >= 11 is 0. The zero-order chi connectivity index (χ0) is 16.8. The van der Waals surface area contributed by atoms with Crippen molar-refractivity contribution in [2.24, 2.45) is 4.99 Å². The first-order chi connectivity index (χ1) is 11.7. The van der Waals surface area contributed by atoms with E-state index < -0.39 is 0 Å². The highest BCUT2D eigenvalue weighted by atomic mass is 16.5. The lowest BCUT2D eigenvalue weighted by Gasteiger charge is -2.14. The molecule has 1 saturated heterocycles. The van der Waals surface area contributed by atoms with E-state index in [1.807, 2.05) is 24.3 Å². The van der Waals surface area contributed by atoms with Crippen LogP contribution in [0, 0.1) is 0 Å². The summed E-state index contributed by atoms with van der Waals surface area (Å²) in [4.78, 5) is 5.04. The molecule has 1 heterocycles. The molecule has 2 aromatic rings. The molecule has 1 atom stereocenters. The quantitative estimate of drug-likeness (QED) is 0.364. The van der Waals surface area contributed by atoms with Crippen molar-refractivity contribution >= 4 is 5.71 Å². The minimum atomic E-state index is -0.299. The van der Waals surface area contributed by atoms with Crippen LogP contribution in [-0.4, -0.2) is 25.5 Å². The fourth-order valence-electron chi connectivity index (χ4n) is 2.57. The van der Waals surface area contributed by atoms with Crippen molar-refractivity contribution < 1.29 is 4.74 Å². The number of hydrogen-bond acceptors (Lipinski definition) is 3. The molecule has 1 aliphatic rings. The standard InChI is InChI=1S/C21H24N2O/c1-17(2)13-14-24-15-20(18-9-5-3-6-10-18)23-21(16-22-21)19-11-7-4-8-12-19/h3-13,22H,14-16H2,1-2H3/b23-20-. The van der Waals surface area contributed by atoms with Crippen LogP contribution in [0.3, 0.4) is 0 Å². The molecule has 0 saturated carbocycles. The SMILES string of the molecule is CC(C)=CCOC/C(=N/C1(c2ccccc2)CN1)c1ccccc1. The summed E-state index contributed by atoms with van der Waals surface area (Å²) in [5, 5.41) is 3.42. The van der Waals surface area contributed by atoms with Gasteiger partial charge in [-0.15, -0.1) is 0 Å². The molecule has 3 heteroatoms. The Kier molecular flexibility index (Phi) is 5.24. The Balaban J connectivity index is 1.83. The predicted molar refractivity (Wildman–Crippen MR) is 99.4 cm³/mol. The number of nitrogens with zero attached hydrogens (tertiary/aromatic N) is 1. The van der Waals surface area contributed by atoms with Crippen LogP contribution in [0.5, 0.6) is 0 Å². The van der Waals surface area contributed by atoms with E-state index in [2.05, 4.69) is 61.6 Å². The molecule has 24 heavy (non-hydrogen) atoms. The molecule has 0 aliphatic carbocycles. The van der Waals surface area contributed by atoms with E-state index in [4.69, 9.17) is 9.73 Å². The molecule has 0 spiro atoms. The molecule has 1 fully saturated rings. The van der Waals surface area contributed by atoms with Gasteiger partial charge in [-0.3, -0.25) is 10.3 Å². The summed E-state index contributed by atoms with van der Waals surface area (Å²) in [5.41, 5.74) is 4.25. The van der Waals surface area contributed by atoms with Crippen LogP contribution in [0.2, 0.25) is 0 Å². The first-order valence-electron chi connectivity index (χ1n) is 8.35. The van der Waals surface area contributed by atoms with Crippen LogP contribution >= 0.6 is 0 Å². The number of aliphatic imine (C=N–C) groups is 1. The van der Waals surface area contributed by atoms with Crippen molar-refractivity contribution in [3.63, 3.8) is 0 Å². The van der Waals surface area contributed by atoms with Gasteiger partial charge in [-0.25, -0.2) is 0 Å². The summed E-state index contributed by atoms with van der Waals surface area (Å²) in [6, 6.07) is 20.7. The fourth-order valence-corrected chi connectivity index (χ4v) is 2.57. The molecule has 124 valence electrons. The van der Waals surface area contributed by atoms with Gasteiger partial charge >= 0.3 is 0 Å². The van der Waals surface area contributed by atoms with Gasteiger partial charge in [0.1, 0.15) is 5.66 Å². The number of ether oxygens (including phenoxy) is 1. The van der Waals surface area contributed by atoms with Crippen molar-refractivity contribution in [1.82, 2.24) is 5.32 Å². The highest BCUT2D eigenvalue weighted by molar-refractivity contribution is 6.02. The maximum absolute atomic E-state index is 5.84. The van der Waals surface area contributed by atoms with E-state index in [1.165, 1.54) is 11.1 Å². The molecule has 3 rings (SSSR count). The Morgan fingerprint density at radius 3 is 2.29 bits per heavy atom. The zero-order valence-electron chi connectivity index (χ0n) is 14.3. The second-order valence-corrected chi connectivity index (χ2v) is 6.30. The maximum Gasteiger partial charge on any atom is 0.149 e. The molecule has 2 aromatic carbocycles. The molecule has 1 unspecified atom stereocenters. The Bertz CT molecular complexity index is 712. The van der Waals surface area contributed by atoms with Crippen molar-refractivity contribution in [3.05, 3.63) is 83.4 Å². The van der Waals surface area contributed by atoms with Gasteiger partial charge in [-0.05, 0) is 25.0 Å². The third-order valence-electron chi connectivity index (χ3n) is 4.04. The molecule has 1 N–H and O–H groups in total. The molecule has 0 bridgehead atoms. The third kappa shape index (κ3) is 4.19. The summed E-state index contributed by atoms with van der Waals surface area (Å²) in [6.07, 6.45) is 2.09. The van der Waals surface area contributed by atoms with Crippen LogP contribution in [0.1, 0.15) is 25.0 Å². The fraction of sp³-hybridized carbons (Fsp3) is 0.286. The van der Waals surface area contributed by atoms with E-state index in [9.17, 15) is 0 Å². The smallest absolute Gasteiger partial charge is 0.149 e. The van der Waals surface area contributed by atoms with Gasteiger partial charge in [-0.2, -0.15) is 0 Å². The first kappa shape index (κ1) is 16.6. The Morgan fingerprint density at radius 2 is 1.71 bits per heavy atom. The van der Waals surface area contributed by atoms with Crippen LogP contribution in [0.4, 0.5) is 0 Å². The van der Waals surface area contributed by atoms with E-state index in [0.29, 0.717) is 13.2 Å². The van der Waals surface area contributed by atoms with E-state index in [-0.39, 0.29) is 5.66 Å². The molecule has 0 amide bonds. The van der Waals surface area contributed by atoms with Gasteiger partial charge in [0.2, 0.25) is 0 Å². The number of nitrogens with one attached hydrogen (secondary N) is 1. The van der Waals surface area contributed by atoms with E-state index >= 15 is 0 Å². The van der Waals surface area contributed by atoms with Crippen LogP contribution in [0.15, 0.2) is 77.3 Å². The van der Waals surface area contributed by atoms with Crippen molar-refractivity contribution in [2.45, 2.75) is 19.5 Å². The molecule has 0 aromatic heterocycles. The van der Waals surface area contributed by atoms with Crippen molar-refractivity contribution in [2.75, 3.05) is 19.8 Å². The number of allylic oxidation sites excluding steroid dienone is 1. The highest BCUT2D eigenvalue weighted by Crippen LogP contribution is 2.32. The van der Waals surface area contributed by atoms with Gasteiger partial charge in [0.15, 0.2) is 0 Å². The van der Waals surface area contributed by atoms with Crippen LogP contribution in [0.25, 0.3) is 0 Å². The largest absolute Gasteiger partial charge is 0.371 e. The number of hydrogen-bond donors (Lipinski definition) is 1. The van der Waals surface area contributed by atoms with E-state index in [0.717, 1.165) is 17.8 Å². The second-order valence-electron chi connectivity index (χ2n) is 6.30. The predicted octanol–water partition coefficient (Wildman–Crippen LogP) is 3.91. The lowest BCUT2D eigenvalue weighted by atomic mass is 10.1. The summed E-state index contributed by atoms with van der Waals surface area (Å²) < 4.78 is 5.84. The second kappa shape index (κ2) is 7.56. The Hall–Kier alpha value is -2.23. The monoisotopic (exact) mass is 320 g/mol. The molecule has 0 radical (unpaired) electrons. The Labute approximate surface area is 144 Å². The van der Waals surface area contributed by atoms with Gasteiger partial charge < -0.3 is 4.74 Å². The number of rotatable bonds is 7. The average Bonchev–Trinajstić information content (AvgIpc) is 3.40. The van der Waals surface area contributed by atoms with Crippen LogP contribution in [-0.2, 0) is 10.4 Å². The molecule has 1 aliphatic heterocycles. The average molecular weight is 320 g/mol. The lowest BCUT2D eigenvalue weighted by molar-refractivity contribution is 0.203. The summed E-state index contributed by atoms with van der Waals surface area (Å²) in [5.74, 6) is 0. The third-order valence-corrected chi connectivity index (χ3v) is 4.04. The summed E-state index contributed by atoms with van der Waals surface area (Å²) in [7, 11) is 0.